The van der Waals surface area contributed by atoms with E-state index in [9.17, 15) is 13.2 Å². The van der Waals surface area contributed by atoms with Crippen LogP contribution in [0.2, 0.25) is 0 Å². The SMILES string of the molecule is CCC(CN)CC(=O)NCCNS(C)(=O)=O. The third kappa shape index (κ3) is 8.63. The standard InChI is InChI=1S/C9H21N3O3S/c1-3-8(7-10)6-9(13)11-4-5-12-16(2,14)15/h8,12H,3-7,10H2,1-2H3,(H,11,13). The number of hydrogen-bond acceptors (Lipinski definition) is 4. The summed E-state index contributed by atoms with van der Waals surface area (Å²) in [5.41, 5.74) is 5.47. The highest BCUT2D eigenvalue weighted by Crippen LogP contribution is 2.04. The fraction of sp³-hybridized carbons (Fsp3) is 0.889. The molecular weight excluding hydrogens is 230 g/mol. The number of carbonyl (C=O) groups excluding carboxylic acids is 1. The first-order valence-corrected chi connectivity index (χ1v) is 7.19. The average molecular weight is 251 g/mol. The second-order valence-corrected chi connectivity index (χ2v) is 5.56. The van der Waals surface area contributed by atoms with Crippen molar-refractivity contribution in [2.45, 2.75) is 19.8 Å². The summed E-state index contributed by atoms with van der Waals surface area (Å²) >= 11 is 0. The zero-order valence-corrected chi connectivity index (χ0v) is 10.6. The molecule has 0 aromatic rings. The van der Waals surface area contributed by atoms with Gasteiger partial charge in [-0.25, -0.2) is 13.1 Å². The predicted octanol–water partition coefficient (Wildman–Crippen LogP) is -0.973. The minimum absolute atomic E-state index is 0.0902. The number of sulfonamides is 1. The maximum atomic E-state index is 11.4. The lowest BCUT2D eigenvalue weighted by atomic mass is 10.0. The molecule has 0 bridgehead atoms. The van der Waals surface area contributed by atoms with Gasteiger partial charge >= 0.3 is 0 Å². The van der Waals surface area contributed by atoms with Gasteiger partial charge in [0, 0.05) is 19.5 Å². The summed E-state index contributed by atoms with van der Waals surface area (Å²) in [5, 5.41) is 2.63. The van der Waals surface area contributed by atoms with E-state index in [1.54, 1.807) is 0 Å². The van der Waals surface area contributed by atoms with Crippen LogP contribution in [0.5, 0.6) is 0 Å². The Morgan fingerprint density at radius 3 is 2.44 bits per heavy atom. The number of carbonyl (C=O) groups is 1. The van der Waals surface area contributed by atoms with Gasteiger partial charge in [-0.05, 0) is 12.5 Å². The lowest BCUT2D eigenvalue weighted by Gasteiger charge is -2.11. The third-order valence-electron chi connectivity index (χ3n) is 2.20. The monoisotopic (exact) mass is 251 g/mol. The van der Waals surface area contributed by atoms with Crippen LogP contribution in [0.4, 0.5) is 0 Å². The molecule has 1 amide bonds. The summed E-state index contributed by atoms with van der Waals surface area (Å²) in [6.45, 7) is 2.98. The van der Waals surface area contributed by atoms with Gasteiger partial charge in [0.05, 0.1) is 6.26 Å². The predicted molar refractivity (Wildman–Crippen MR) is 63.3 cm³/mol. The van der Waals surface area contributed by atoms with Crippen LogP contribution in [0.15, 0.2) is 0 Å². The lowest BCUT2D eigenvalue weighted by Crippen LogP contribution is -2.35. The summed E-state index contributed by atoms with van der Waals surface area (Å²) < 4.78 is 23.7. The fourth-order valence-corrected chi connectivity index (χ4v) is 1.64. The Morgan fingerprint density at radius 2 is 2.00 bits per heavy atom. The molecule has 0 aliphatic rings. The van der Waals surface area contributed by atoms with E-state index in [2.05, 4.69) is 10.0 Å². The van der Waals surface area contributed by atoms with Crippen molar-refractivity contribution in [3.8, 4) is 0 Å². The Kier molecular flexibility index (Phi) is 7.27. The van der Waals surface area contributed by atoms with E-state index in [0.717, 1.165) is 12.7 Å². The van der Waals surface area contributed by atoms with Gasteiger partial charge in [0.15, 0.2) is 0 Å². The average Bonchev–Trinajstić information content (AvgIpc) is 2.19. The molecule has 0 fully saturated rings. The van der Waals surface area contributed by atoms with E-state index in [-0.39, 0.29) is 18.4 Å². The molecule has 1 atom stereocenters. The highest BCUT2D eigenvalue weighted by molar-refractivity contribution is 7.88. The van der Waals surface area contributed by atoms with Gasteiger partial charge < -0.3 is 11.1 Å². The summed E-state index contributed by atoms with van der Waals surface area (Å²) in [6.07, 6.45) is 2.34. The first-order valence-electron chi connectivity index (χ1n) is 5.30. The number of nitrogens with one attached hydrogen (secondary N) is 2. The van der Waals surface area contributed by atoms with E-state index < -0.39 is 10.0 Å². The molecule has 0 radical (unpaired) electrons. The van der Waals surface area contributed by atoms with Crippen molar-refractivity contribution in [3.63, 3.8) is 0 Å². The Morgan fingerprint density at radius 1 is 1.38 bits per heavy atom. The molecule has 96 valence electrons. The van der Waals surface area contributed by atoms with Crippen LogP contribution in [-0.2, 0) is 14.8 Å². The highest BCUT2D eigenvalue weighted by atomic mass is 32.2. The minimum atomic E-state index is -3.18. The number of amides is 1. The fourth-order valence-electron chi connectivity index (χ4n) is 1.17. The summed E-state index contributed by atoms with van der Waals surface area (Å²) in [7, 11) is -3.18. The molecule has 0 spiro atoms. The number of rotatable bonds is 8. The first-order chi connectivity index (χ1) is 7.39. The van der Waals surface area contributed by atoms with E-state index in [0.29, 0.717) is 19.5 Å². The van der Waals surface area contributed by atoms with Gasteiger partial charge in [-0.3, -0.25) is 4.79 Å². The minimum Gasteiger partial charge on any atom is -0.355 e. The Bertz CT molecular complexity index is 299. The highest BCUT2D eigenvalue weighted by Gasteiger charge is 2.09. The maximum Gasteiger partial charge on any atom is 0.220 e. The van der Waals surface area contributed by atoms with Crippen LogP contribution in [0.1, 0.15) is 19.8 Å². The van der Waals surface area contributed by atoms with Crippen LogP contribution in [0.3, 0.4) is 0 Å². The van der Waals surface area contributed by atoms with E-state index >= 15 is 0 Å². The van der Waals surface area contributed by atoms with Gasteiger partial charge in [-0.15, -0.1) is 0 Å². The molecule has 0 rings (SSSR count). The van der Waals surface area contributed by atoms with Crippen molar-refractivity contribution in [2.24, 2.45) is 11.7 Å². The van der Waals surface area contributed by atoms with Crippen molar-refractivity contribution in [1.29, 1.82) is 0 Å². The van der Waals surface area contributed by atoms with Crippen molar-refractivity contribution >= 4 is 15.9 Å². The molecule has 0 aliphatic heterocycles. The summed E-state index contributed by atoms with van der Waals surface area (Å²) in [6, 6.07) is 0. The van der Waals surface area contributed by atoms with Crippen molar-refractivity contribution in [2.75, 3.05) is 25.9 Å². The smallest absolute Gasteiger partial charge is 0.220 e. The maximum absolute atomic E-state index is 11.4. The molecule has 6 nitrogen and oxygen atoms in total. The zero-order valence-electron chi connectivity index (χ0n) is 9.82. The van der Waals surface area contributed by atoms with Gasteiger partial charge in [-0.1, -0.05) is 13.3 Å². The molecule has 0 saturated carbocycles. The van der Waals surface area contributed by atoms with Crippen molar-refractivity contribution in [1.82, 2.24) is 10.0 Å². The van der Waals surface area contributed by atoms with Gasteiger partial charge in [-0.2, -0.15) is 0 Å². The quantitative estimate of drug-likeness (QED) is 0.483. The van der Waals surface area contributed by atoms with Crippen molar-refractivity contribution < 1.29 is 13.2 Å². The number of nitrogens with two attached hydrogens (primary N) is 1. The molecule has 7 heteroatoms. The topological polar surface area (TPSA) is 101 Å². The van der Waals surface area contributed by atoms with Crippen molar-refractivity contribution in [3.05, 3.63) is 0 Å². The normalized spacial score (nSPS) is 13.4. The van der Waals surface area contributed by atoms with Gasteiger partial charge in [0.25, 0.3) is 0 Å². The van der Waals surface area contributed by atoms with Gasteiger partial charge in [0.2, 0.25) is 15.9 Å². The summed E-state index contributed by atoms with van der Waals surface area (Å²) in [5.74, 6) is 0.107. The van der Waals surface area contributed by atoms with Crippen LogP contribution in [0.25, 0.3) is 0 Å². The van der Waals surface area contributed by atoms with E-state index in [4.69, 9.17) is 5.73 Å². The Labute approximate surface area is 97.0 Å². The molecular formula is C9H21N3O3S. The Hall–Kier alpha value is -0.660. The Balaban J connectivity index is 3.66. The first kappa shape index (κ1) is 15.3. The third-order valence-corrected chi connectivity index (χ3v) is 2.92. The van der Waals surface area contributed by atoms with E-state index in [1.807, 2.05) is 6.92 Å². The molecule has 0 aromatic carbocycles. The molecule has 0 aliphatic carbocycles. The van der Waals surface area contributed by atoms with E-state index in [1.165, 1.54) is 0 Å². The van der Waals surface area contributed by atoms with Crippen LogP contribution < -0.4 is 15.8 Å². The molecule has 0 heterocycles. The number of hydrogen-bond donors (Lipinski definition) is 3. The summed E-state index contributed by atoms with van der Waals surface area (Å²) in [4.78, 5) is 11.4. The van der Waals surface area contributed by atoms with Gasteiger partial charge in [0.1, 0.15) is 0 Å². The largest absolute Gasteiger partial charge is 0.355 e. The van der Waals surface area contributed by atoms with Crippen LogP contribution >= 0.6 is 0 Å². The van der Waals surface area contributed by atoms with Crippen LogP contribution in [0, 0.1) is 5.92 Å². The second kappa shape index (κ2) is 7.59. The molecule has 16 heavy (non-hydrogen) atoms. The lowest BCUT2D eigenvalue weighted by molar-refractivity contribution is -0.121. The molecule has 0 aromatic heterocycles. The molecule has 1 unspecified atom stereocenters. The second-order valence-electron chi connectivity index (χ2n) is 3.73. The van der Waals surface area contributed by atoms with Crippen LogP contribution in [-0.4, -0.2) is 40.2 Å². The zero-order chi connectivity index (χ0) is 12.6. The molecule has 0 saturated heterocycles. The molecule has 4 N–H and O–H groups in total.